The highest BCUT2D eigenvalue weighted by Crippen LogP contribution is 2.16. The van der Waals surface area contributed by atoms with Gasteiger partial charge in [-0.05, 0) is 42.2 Å². The van der Waals surface area contributed by atoms with Gasteiger partial charge in [0.1, 0.15) is 6.29 Å². The van der Waals surface area contributed by atoms with Gasteiger partial charge in [0.05, 0.1) is 4.92 Å². The molecule has 0 unspecified atom stereocenters. The Morgan fingerprint density at radius 2 is 1.71 bits per heavy atom. The van der Waals surface area contributed by atoms with Crippen LogP contribution < -0.4 is 0 Å². The summed E-state index contributed by atoms with van der Waals surface area (Å²) in [6.45, 7) is 2.19. The van der Waals surface area contributed by atoms with E-state index in [9.17, 15) is 14.9 Å². The Hall–Kier alpha value is -1.97. The van der Waals surface area contributed by atoms with E-state index >= 15 is 0 Å². The maximum Gasteiger partial charge on any atom is 0.269 e. The van der Waals surface area contributed by atoms with Gasteiger partial charge >= 0.3 is 0 Å². The molecule has 0 aromatic heterocycles. The number of nitrogens with zero attached hydrogens (tertiary/aromatic N) is 1. The van der Waals surface area contributed by atoms with Crippen molar-refractivity contribution >= 4 is 18.0 Å². The Bertz CT molecular complexity index is 477. The van der Waals surface area contributed by atoms with Gasteiger partial charge in [-0.15, -0.1) is 0 Å². The third-order valence-electron chi connectivity index (χ3n) is 3.43. The number of rotatable bonds is 10. The summed E-state index contributed by atoms with van der Waals surface area (Å²) in [6.07, 6.45) is 10.6. The van der Waals surface area contributed by atoms with Crippen LogP contribution in [0, 0.1) is 10.1 Å². The lowest BCUT2D eigenvalue weighted by atomic mass is 10.0. The molecule has 4 heteroatoms. The molecule has 4 nitrogen and oxygen atoms in total. The molecule has 0 amide bonds. The van der Waals surface area contributed by atoms with Crippen LogP contribution in [-0.4, -0.2) is 11.2 Å². The molecule has 0 aliphatic carbocycles. The third-order valence-corrected chi connectivity index (χ3v) is 3.43. The van der Waals surface area contributed by atoms with Crippen molar-refractivity contribution in [2.75, 3.05) is 0 Å². The quantitative estimate of drug-likeness (QED) is 0.202. The first kappa shape index (κ1) is 17.1. The van der Waals surface area contributed by atoms with E-state index in [4.69, 9.17) is 0 Å². The van der Waals surface area contributed by atoms with Crippen molar-refractivity contribution in [3.8, 4) is 0 Å². The van der Waals surface area contributed by atoms with Crippen LogP contribution in [0.1, 0.15) is 57.4 Å². The zero-order valence-electron chi connectivity index (χ0n) is 12.6. The maximum atomic E-state index is 11.1. The zero-order valence-corrected chi connectivity index (χ0v) is 12.6. The van der Waals surface area contributed by atoms with E-state index in [1.165, 1.54) is 37.8 Å². The van der Waals surface area contributed by atoms with E-state index in [0.29, 0.717) is 0 Å². The number of carbonyl (C=O) groups is 1. The fourth-order valence-corrected chi connectivity index (χ4v) is 2.18. The molecule has 0 radical (unpaired) electrons. The van der Waals surface area contributed by atoms with Crippen molar-refractivity contribution in [3.05, 3.63) is 45.5 Å². The molecule has 0 spiro atoms. The predicted octanol–water partition coefficient (Wildman–Crippen LogP) is 4.93. The van der Waals surface area contributed by atoms with E-state index in [2.05, 4.69) is 6.92 Å². The number of allylic oxidation sites excluding steroid dienone is 1. The smallest absolute Gasteiger partial charge is 0.269 e. The Morgan fingerprint density at radius 1 is 1.10 bits per heavy atom. The van der Waals surface area contributed by atoms with Crippen LogP contribution >= 0.6 is 0 Å². The van der Waals surface area contributed by atoms with Crippen LogP contribution in [0.5, 0.6) is 0 Å². The second kappa shape index (κ2) is 9.86. The lowest BCUT2D eigenvalue weighted by molar-refractivity contribution is -0.384. The number of benzene rings is 1. The standard InChI is InChI=1S/C17H23NO3/c1-2-3-4-5-6-7-8-16(14-19)13-15-9-11-17(12-10-15)18(20)21/h9-14H,2-8H2,1H3/b16-13+. The van der Waals surface area contributed by atoms with Crippen molar-refractivity contribution in [2.45, 2.75) is 51.9 Å². The largest absolute Gasteiger partial charge is 0.298 e. The van der Waals surface area contributed by atoms with E-state index in [1.807, 2.05) is 6.08 Å². The van der Waals surface area contributed by atoms with Gasteiger partial charge in [-0.1, -0.05) is 39.0 Å². The number of unbranched alkanes of at least 4 members (excludes halogenated alkanes) is 5. The van der Waals surface area contributed by atoms with Crippen LogP contribution in [0.15, 0.2) is 29.8 Å². The number of non-ortho nitro benzene ring substituents is 1. The second-order valence-electron chi connectivity index (χ2n) is 5.20. The lowest BCUT2D eigenvalue weighted by Gasteiger charge is -2.02. The molecule has 0 fully saturated rings. The Kier molecular flexibility index (Phi) is 8.02. The number of hydrogen-bond acceptors (Lipinski definition) is 3. The predicted molar refractivity (Wildman–Crippen MR) is 85.1 cm³/mol. The Balaban J connectivity index is 2.47. The minimum absolute atomic E-state index is 0.0655. The van der Waals surface area contributed by atoms with Crippen molar-refractivity contribution in [3.63, 3.8) is 0 Å². The van der Waals surface area contributed by atoms with Gasteiger partial charge in [0.25, 0.3) is 5.69 Å². The minimum Gasteiger partial charge on any atom is -0.298 e. The molecule has 0 bridgehead atoms. The zero-order chi connectivity index (χ0) is 15.5. The average Bonchev–Trinajstić information content (AvgIpc) is 2.50. The van der Waals surface area contributed by atoms with Gasteiger partial charge in [0.2, 0.25) is 0 Å². The first-order valence-corrected chi connectivity index (χ1v) is 7.57. The highest BCUT2D eigenvalue weighted by atomic mass is 16.6. The van der Waals surface area contributed by atoms with Gasteiger partial charge < -0.3 is 0 Å². The lowest BCUT2D eigenvalue weighted by Crippen LogP contribution is -1.89. The molecule has 0 N–H and O–H groups in total. The fraction of sp³-hybridized carbons (Fsp3) is 0.471. The molecule has 0 saturated heterocycles. The molecule has 1 aromatic rings. The van der Waals surface area contributed by atoms with Gasteiger partial charge in [-0.25, -0.2) is 0 Å². The topological polar surface area (TPSA) is 60.2 Å². The van der Waals surface area contributed by atoms with Gasteiger partial charge in [0.15, 0.2) is 0 Å². The Morgan fingerprint density at radius 3 is 2.29 bits per heavy atom. The molecule has 1 aromatic carbocycles. The van der Waals surface area contributed by atoms with Gasteiger partial charge in [-0.2, -0.15) is 0 Å². The van der Waals surface area contributed by atoms with Crippen molar-refractivity contribution in [1.29, 1.82) is 0 Å². The van der Waals surface area contributed by atoms with Crippen LogP contribution in [-0.2, 0) is 4.79 Å². The Labute approximate surface area is 126 Å². The fourth-order valence-electron chi connectivity index (χ4n) is 2.18. The molecule has 0 heterocycles. The summed E-state index contributed by atoms with van der Waals surface area (Å²) in [6, 6.07) is 6.25. The summed E-state index contributed by atoms with van der Waals surface area (Å²) in [5, 5.41) is 10.6. The molecule has 114 valence electrons. The van der Waals surface area contributed by atoms with E-state index < -0.39 is 4.92 Å². The highest BCUT2D eigenvalue weighted by molar-refractivity contribution is 5.81. The average molecular weight is 289 g/mol. The molecular formula is C17H23NO3. The number of aldehydes is 1. The van der Waals surface area contributed by atoms with Crippen molar-refractivity contribution < 1.29 is 9.72 Å². The third kappa shape index (κ3) is 6.84. The first-order chi connectivity index (χ1) is 10.2. The summed E-state index contributed by atoms with van der Waals surface area (Å²) in [5.74, 6) is 0. The number of nitro groups is 1. The summed E-state index contributed by atoms with van der Waals surface area (Å²) >= 11 is 0. The SMILES string of the molecule is CCCCCCCC/C(C=O)=C\c1ccc([N+](=O)[O-])cc1. The minimum atomic E-state index is -0.426. The second-order valence-corrected chi connectivity index (χ2v) is 5.20. The van der Waals surface area contributed by atoms with Crippen LogP contribution in [0.25, 0.3) is 6.08 Å². The normalized spacial score (nSPS) is 11.4. The number of nitro benzene ring substituents is 1. The summed E-state index contributed by atoms with van der Waals surface area (Å²) in [5.41, 5.74) is 1.64. The molecular weight excluding hydrogens is 266 g/mol. The molecule has 0 aliphatic rings. The van der Waals surface area contributed by atoms with Crippen molar-refractivity contribution in [2.24, 2.45) is 0 Å². The van der Waals surface area contributed by atoms with Gasteiger partial charge in [0, 0.05) is 12.1 Å². The van der Waals surface area contributed by atoms with E-state index in [1.54, 1.807) is 12.1 Å². The summed E-state index contributed by atoms with van der Waals surface area (Å²) in [7, 11) is 0. The van der Waals surface area contributed by atoms with Crippen LogP contribution in [0.4, 0.5) is 5.69 Å². The van der Waals surface area contributed by atoms with E-state index in [0.717, 1.165) is 36.7 Å². The van der Waals surface area contributed by atoms with Crippen molar-refractivity contribution in [1.82, 2.24) is 0 Å². The first-order valence-electron chi connectivity index (χ1n) is 7.57. The molecule has 0 aliphatic heterocycles. The monoisotopic (exact) mass is 289 g/mol. The number of carbonyl (C=O) groups excluding carboxylic acids is 1. The van der Waals surface area contributed by atoms with Crippen LogP contribution in [0.2, 0.25) is 0 Å². The summed E-state index contributed by atoms with van der Waals surface area (Å²) < 4.78 is 0. The highest BCUT2D eigenvalue weighted by Gasteiger charge is 2.03. The summed E-state index contributed by atoms with van der Waals surface area (Å²) in [4.78, 5) is 21.2. The van der Waals surface area contributed by atoms with E-state index in [-0.39, 0.29) is 5.69 Å². The number of hydrogen-bond donors (Lipinski definition) is 0. The molecule has 1 rings (SSSR count). The molecule has 21 heavy (non-hydrogen) atoms. The molecule has 0 atom stereocenters. The van der Waals surface area contributed by atoms with Crippen LogP contribution in [0.3, 0.4) is 0 Å². The molecule has 0 saturated carbocycles. The maximum absolute atomic E-state index is 11.1. The van der Waals surface area contributed by atoms with Gasteiger partial charge in [-0.3, -0.25) is 14.9 Å².